The van der Waals surface area contributed by atoms with Gasteiger partial charge in [-0.15, -0.1) is 0 Å². The number of aliphatic hydroxyl groups excluding tert-OH is 1. The Labute approximate surface area is 104 Å². The maximum Gasteiger partial charge on any atom is 0.216 e. The Kier molecular flexibility index (Phi) is 3.84. The van der Waals surface area contributed by atoms with Gasteiger partial charge < -0.3 is 9.84 Å². The summed E-state index contributed by atoms with van der Waals surface area (Å²) in [6.07, 6.45) is 0.574. The minimum Gasteiger partial charge on any atom is -0.481 e. The van der Waals surface area contributed by atoms with Gasteiger partial charge in [-0.1, -0.05) is 18.2 Å². The number of halogens is 1. The third-order valence-corrected chi connectivity index (χ3v) is 2.58. The van der Waals surface area contributed by atoms with Crippen LogP contribution in [-0.2, 0) is 6.42 Å². The molecule has 1 aromatic carbocycles. The Balaban J connectivity index is 2.16. The number of hydrogen-bond acceptors (Lipinski definition) is 4. The lowest BCUT2D eigenvalue weighted by Crippen LogP contribution is -2.06. The second-order valence-corrected chi connectivity index (χ2v) is 3.80. The molecule has 1 atom stereocenters. The lowest BCUT2D eigenvalue weighted by Gasteiger charge is -2.11. The van der Waals surface area contributed by atoms with Gasteiger partial charge in [0.2, 0.25) is 5.88 Å². The number of ether oxygens (including phenoxy) is 1. The molecule has 0 radical (unpaired) electrons. The molecule has 1 unspecified atom stereocenters. The van der Waals surface area contributed by atoms with Crippen LogP contribution < -0.4 is 4.74 Å². The molecule has 4 nitrogen and oxygen atoms in total. The van der Waals surface area contributed by atoms with Gasteiger partial charge in [0.15, 0.2) is 0 Å². The quantitative estimate of drug-likeness (QED) is 0.897. The van der Waals surface area contributed by atoms with Crippen LogP contribution in [0.1, 0.15) is 17.4 Å². The smallest absolute Gasteiger partial charge is 0.216 e. The summed E-state index contributed by atoms with van der Waals surface area (Å²) in [5.41, 5.74) is 0.854. The third kappa shape index (κ3) is 2.81. The van der Waals surface area contributed by atoms with Crippen LogP contribution in [0.5, 0.6) is 5.88 Å². The first-order valence-corrected chi connectivity index (χ1v) is 5.48. The summed E-state index contributed by atoms with van der Waals surface area (Å²) in [7, 11) is 1.48. The predicted molar refractivity (Wildman–Crippen MR) is 63.6 cm³/mol. The van der Waals surface area contributed by atoms with E-state index < -0.39 is 6.10 Å². The van der Waals surface area contributed by atoms with Gasteiger partial charge in [0, 0.05) is 12.5 Å². The van der Waals surface area contributed by atoms with Crippen molar-refractivity contribution < 1.29 is 14.2 Å². The molecule has 0 spiro atoms. The van der Waals surface area contributed by atoms with Gasteiger partial charge in [0.1, 0.15) is 18.2 Å². The number of aromatic nitrogens is 2. The lowest BCUT2D eigenvalue weighted by molar-refractivity contribution is 0.171. The van der Waals surface area contributed by atoms with E-state index in [2.05, 4.69) is 9.97 Å². The second-order valence-electron chi connectivity index (χ2n) is 3.80. The molecular formula is C13H13FN2O2. The van der Waals surface area contributed by atoms with Crippen LogP contribution in [0.15, 0.2) is 36.7 Å². The molecule has 18 heavy (non-hydrogen) atoms. The van der Waals surface area contributed by atoms with Crippen LogP contribution in [0.2, 0.25) is 0 Å². The number of benzene rings is 1. The summed E-state index contributed by atoms with van der Waals surface area (Å²) in [6, 6.07) is 7.87. The summed E-state index contributed by atoms with van der Waals surface area (Å²) in [6.45, 7) is 0. The van der Waals surface area contributed by atoms with Gasteiger partial charge in [-0.3, -0.25) is 0 Å². The minimum absolute atomic E-state index is 0.160. The molecule has 0 bridgehead atoms. The average molecular weight is 248 g/mol. The fraction of sp³-hybridized carbons (Fsp3) is 0.231. The first-order chi connectivity index (χ1) is 8.70. The zero-order chi connectivity index (χ0) is 13.0. The molecule has 2 rings (SSSR count). The van der Waals surface area contributed by atoms with E-state index in [0.29, 0.717) is 17.1 Å². The van der Waals surface area contributed by atoms with Crippen LogP contribution in [0.4, 0.5) is 4.39 Å². The van der Waals surface area contributed by atoms with Crippen LogP contribution in [0.3, 0.4) is 0 Å². The first kappa shape index (κ1) is 12.4. The SMILES string of the molecule is COc1cc(C(O)Cc2ccccc2F)ncn1. The largest absolute Gasteiger partial charge is 0.481 e. The van der Waals surface area contributed by atoms with Crippen molar-refractivity contribution in [3.8, 4) is 5.88 Å². The van der Waals surface area contributed by atoms with Gasteiger partial charge in [-0.2, -0.15) is 0 Å². The van der Waals surface area contributed by atoms with E-state index in [-0.39, 0.29) is 12.2 Å². The van der Waals surface area contributed by atoms with Crippen molar-refractivity contribution in [3.05, 3.63) is 53.7 Å². The van der Waals surface area contributed by atoms with Crippen LogP contribution in [0.25, 0.3) is 0 Å². The minimum atomic E-state index is -0.890. The van der Waals surface area contributed by atoms with E-state index in [1.165, 1.54) is 25.6 Å². The summed E-state index contributed by atoms with van der Waals surface area (Å²) >= 11 is 0. The molecule has 94 valence electrons. The molecule has 1 heterocycles. The number of hydrogen-bond donors (Lipinski definition) is 1. The molecule has 0 fully saturated rings. The van der Waals surface area contributed by atoms with Gasteiger partial charge in [-0.05, 0) is 11.6 Å². The molecule has 1 N–H and O–H groups in total. The molecular weight excluding hydrogens is 235 g/mol. The number of aliphatic hydroxyl groups is 1. The van der Waals surface area contributed by atoms with Gasteiger partial charge >= 0.3 is 0 Å². The Morgan fingerprint density at radius 3 is 2.83 bits per heavy atom. The van der Waals surface area contributed by atoms with Gasteiger partial charge in [-0.25, -0.2) is 14.4 Å². The van der Waals surface area contributed by atoms with Crippen molar-refractivity contribution in [1.82, 2.24) is 9.97 Å². The Bertz CT molecular complexity index is 534. The number of methoxy groups -OCH3 is 1. The van der Waals surface area contributed by atoms with Crippen molar-refractivity contribution in [1.29, 1.82) is 0 Å². The first-order valence-electron chi connectivity index (χ1n) is 5.48. The van der Waals surface area contributed by atoms with Crippen molar-refractivity contribution in [2.24, 2.45) is 0 Å². The highest BCUT2D eigenvalue weighted by molar-refractivity contribution is 5.21. The average Bonchev–Trinajstić information content (AvgIpc) is 2.41. The number of rotatable bonds is 4. The van der Waals surface area contributed by atoms with Gasteiger partial charge in [0.05, 0.1) is 12.8 Å². The van der Waals surface area contributed by atoms with Crippen molar-refractivity contribution >= 4 is 0 Å². The normalized spacial score (nSPS) is 12.2. The molecule has 5 heteroatoms. The Morgan fingerprint density at radius 2 is 2.11 bits per heavy atom. The highest BCUT2D eigenvalue weighted by Gasteiger charge is 2.13. The summed E-state index contributed by atoms with van der Waals surface area (Å²) in [5.74, 6) is 0.0326. The zero-order valence-electron chi connectivity index (χ0n) is 9.88. The topological polar surface area (TPSA) is 55.2 Å². The fourth-order valence-corrected chi connectivity index (χ4v) is 1.62. The van der Waals surface area contributed by atoms with Crippen LogP contribution in [-0.4, -0.2) is 22.2 Å². The van der Waals surface area contributed by atoms with E-state index in [1.807, 2.05) is 0 Å². The summed E-state index contributed by atoms with van der Waals surface area (Å²) < 4.78 is 18.4. The summed E-state index contributed by atoms with van der Waals surface area (Å²) in [5, 5.41) is 10.0. The molecule has 2 aromatic rings. The molecule has 0 saturated carbocycles. The fourth-order valence-electron chi connectivity index (χ4n) is 1.62. The van der Waals surface area contributed by atoms with Crippen molar-refractivity contribution in [2.45, 2.75) is 12.5 Å². The van der Waals surface area contributed by atoms with Gasteiger partial charge in [0.25, 0.3) is 0 Å². The van der Waals surface area contributed by atoms with Crippen LogP contribution >= 0.6 is 0 Å². The van der Waals surface area contributed by atoms with E-state index in [9.17, 15) is 9.50 Å². The molecule has 0 aliphatic carbocycles. The Hall–Kier alpha value is -2.01. The zero-order valence-corrected chi connectivity index (χ0v) is 9.88. The molecule has 0 aliphatic rings. The second kappa shape index (κ2) is 5.55. The van der Waals surface area contributed by atoms with Crippen LogP contribution in [0, 0.1) is 5.82 Å². The highest BCUT2D eigenvalue weighted by atomic mass is 19.1. The highest BCUT2D eigenvalue weighted by Crippen LogP contribution is 2.20. The standard InChI is InChI=1S/C13H13FN2O2/c1-18-13-7-11(15-8-16-13)12(17)6-9-4-2-3-5-10(9)14/h2-5,7-8,12,17H,6H2,1H3. The predicted octanol–water partition coefficient (Wildman–Crippen LogP) is 1.90. The molecule has 0 saturated heterocycles. The van der Waals surface area contributed by atoms with Crippen molar-refractivity contribution in [3.63, 3.8) is 0 Å². The monoisotopic (exact) mass is 248 g/mol. The van der Waals surface area contributed by atoms with E-state index in [0.717, 1.165) is 0 Å². The molecule has 1 aromatic heterocycles. The van der Waals surface area contributed by atoms with E-state index in [4.69, 9.17) is 4.74 Å². The Morgan fingerprint density at radius 1 is 1.33 bits per heavy atom. The van der Waals surface area contributed by atoms with E-state index >= 15 is 0 Å². The maximum atomic E-state index is 13.4. The lowest BCUT2D eigenvalue weighted by atomic mass is 10.1. The molecule has 0 amide bonds. The maximum absolute atomic E-state index is 13.4. The summed E-state index contributed by atoms with van der Waals surface area (Å²) in [4.78, 5) is 7.80. The number of nitrogens with zero attached hydrogens (tertiary/aromatic N) is 2. The van der Waals surface area contributed by atoms with E-state index in [1.54, 1.807) is 18.2 Å². The third-order valence-electron chi connectivity index (χ3n) is 2.58. The van der Waals surface area contributed by atoms with Crippen molar-refractivity contribution in [2.75, 3.05) is 7.11 Å². The molecule has 0 aliphatic heterocycles.